The van der Waals surface area contributed by atoms with Crippen LogP contribution in [-0.4, -0.2) is 82.6 Å². The number of rotatable bonds is 21. The highest BCUT2D eigenvalue weighted by Gasteiger charge is 2.55. The van der Waals surface area contributed by atoms with Gasteiger partial charge in [0.05, 0.1) is 53.7 Å². The van der Waals surface area contributed by atoms with E-state index in [1.54, 1.807) is 6.92 Å². The second-order valence-corrected chi connectivity index (χ2v) is 17.7. The van der Waals surface area contributed by atoms with Crippen LogP contribution >= 0.6 is 28.4 Å². The lowest BCUT2D eigenvalue weighted by Crippen LogP contribution is -2.49. The fourth-order valence-corrected chi connectivity index (χ4v) is 7.76. The number of ketones is 6. The second kappa shape index (κ2) is 27.5. The number of carbonyl (C=O) groups is 7. The maximum absolute atomic E-state index is 11.8. The third-order valence-electron chi connectivity index (χ3n) is 10.9. The molecule has 1 N–H and O–H groups in total. The van der Waals surface area contributed by atoms with Gasteiger partial charge in [-0.25, -0.2) is 0 Å². The normalized spacial score (nSPS) is 18.3. The quantitative estimate of drug-likeness (QED) is 0.108. The van der Waals surface area contributed by atoms with Crippen LogP contribution in [0.3, 0.4) is 0 Å². The van der Waals surface area contributed by atoms with Gasteiger partial charge in [0.15, 0.2) is 5.79 Å². The van der Waals surface area contributed by atoms with Gasteiger partial charge < -0.3 is 28.2 Å². The van der Waals surface area contributed by atoms with Crippen LogP contribution in [0.1, 0.15) is 169 Å². The van der Waals surface area contributed by atoms with E-state index in [1.165, 1.54) is 13.8 Å². The van der Waals surface area contributed by atoms with E-state index < -0.39 is 39.5 Å². The molecule has 16 heteroatoms. The molecule has 1 saturated heterocycles. The third-order valence-corrected chi connectivity index (χ3v) is 11.9. The molecule has 58 heavy (non-hydrogen) atoms. The Kier molecular flexibility index (Phi) is 28.9. The van der Waals surface area contributed by atoms with E-state index in [0.717, 1.165) is 19.3 Å². The first-order valence-electron chi connectivity index (χ1n) is 19.8. The van der Waals surface area contributed by atoms with Crippen molar-refractivity contribution >= 4 is 69.1 Å². The van der Waals surface area contributed by atoms with Gasteiger partial charge in [-0.3, -0.25) is 33.6 Å². The zero-order chi connectivity index (χ0) is 45.2. The Morgan fingerprint density at radius 2 is 1.09 bits per heavy atom. The van der Waals surface area contributed by atoms with E-state index >= 15 is 0 Å². The van der Waals surface area contributed by atoms with Gasteiger partial charge in [0.2, 0.25) is 0 Å². The van der Waals surface area contributed by atoms with Crippen molar-refractivity contribution in [2.24, 2.45) is 21.7 Å². The van der Waals surface area contributed by atoms with Crippen LogP contribution in [0.25, 0.3) is 0 Å². The predicted molar refractivity (Wildman–Crippen MR) is 237 cm³/mol. The van der Waals surface area contributed by atoms with E-state index in [9.17, 15) is 33.6 Å². The standard InChI is InChI=1S/C12H22O3.2C10H19O3P.C9H15O4P.CH4/c1-6-9(13)11(2,3)10-7-8-14-12(4,5)15-10;2*1-5-8(12)10(3,4)9(13-14)6-7(2)11;1-2-6(10)9(3-4-9)7(13-14)5-8(11)12;/h10H,6-8H2,1-5H3;2*9H,5-6,14H2,1-4H3;7H,2-5,14H2,1H3,(H,11,12);1H4/t10-;;;;/m0..../s1. The molecule has 6 unspecified atom stereocenters. The van der Waals surface area contributed by atoms with Crippen molar-refractivity contribution in [1.29, 1.82) is 0 Å². The van der Waals surface area contributed by atoms with Gasteiger partial charge in [-0.05, 0) is 47.0 Å². The van der Waals surface area contributed by atoms with Gasteiger partial charge in [0.1, 0.15) is 34.7 Å². The predicted octanol–water partition coefficient (Wildman–Crippen LogP) is 8.86. The number of carboxylic acids is 1. The average molecular weight is 885 g/mol. The van der Waals surface area contributed by atoms with Crippen molar-refractivity contribution in [2.45, 2.75) is 199 Å². The van der Waals surface area contributed by atoms with Crippen molar-refractivity contribution in [1.82, 2.24) is 0 Å². The Morgan fingerprint density at radius 1 is 0.690 bits per heavy atom. The van der Waals surface area contributed by atoms with Gasteiger partial charge in [0, 0.05) is 72.3 Å². The SMILES string of the molecule is C.CCC(=O)C(C)(C)C(CC(C)=O)OP.CCC(=O)C(C)(C)C(CC(C)=O)OP.CCC(=O)C(C)(C)[C@@H]1CCOC(C)(C)O1.CCC(=O)C1(C(CC(=O)O)OP)CC1. The smallest absolute Gasteiger partial charge is 0.306 e. The Hall–Kier alpha value is -1.42. The minimum Gasteiger partial charge on any atom is -0.481 e. The fraction of sp³-hybridized carbons (Fsp3) is 0.833. The molecular weight excluding hydrogens is 805 g/mol. The maximum Gasteiger partial charge on any atom is 0.306 e. The molecule has 1 aliphatic carbocycles. The summed E-state index contributed by atoms with van der Waals surface area (Å²) < 4.78 is 26.6. The molecule has 1 aliphatic heterocycles. The molecule has 2 rings (SSSR count). The van der Waals surface area contributed by atoms with Gasteiger partial charge >= 0.3 is 5.97 Å². The molecule has 1 saturated carbocycles. The summed E-state index contributed by atoms with van der Waals surface area (Å²) in [5.74, 6) is -0.806. The summed E-state index contributed by atoms with van der Waals surface area (Å²) in [6.07, 6.45) is 3.49. The Balaban J connectivity index is -0.000000692. The molecule has 7 atom stereocenters. The summed E-state index contributed by atoms with van der Waals surface area (Å²) >= 11 is 0. The molecular formula is C42H79O13P3. The summed E-state index contributed by atoms with van der Waals surface area (Å²) in [7, 11) is 6.33. The van der Waals surface area contributed by atoms with E-state index in [4.69, 9.17) is 28.2 Å². The van der Waals surface area contributed by atoms with E-state index in [1.807, 2.05) is 76.2 Å². The molecule has 0 bridgehead atoms. The Labute approximate surface area is 356 Å². The Bertz CT molecular complexity index is 1240. The lowest BCUT2D eigenvalue weighted by atomic mass is 9.79. The van der Waals surface area contributed by atoms with Crippen LogP contribution in [-0.2, 0) is 56.6 Å². The highest BCUT2D eigenvalue weighted by Crippen LogP contribution is 2.53. The van der Waals surface area contributed by atoms with E-state index in [2.05, 4.69) is 28.4 Å². The highest BCUT2D eigenvalue weighted by atomic mass is 31.0. The summed E-state index contributed by atoms with van der Waals surface area (Å²) in [5.41, 5.74) is -2.10. The minimum atomic E-state index is -0.923. The second-order valence-electron chi connectivity index (χ2n) is 16.9. The van der Waals surface area contributed by atoms with Gasteiger partial charge in [-0.2, -0.15) is 0 Å². The number of hydrogen-bond donors (Lipinski definition) is 1. The molecule has 0 aromatic carbocycles. The van der Waals surface area contributed by atoms with Crippen molar-refractivity contribution in [3.05, 3.63) is 0 Å². The molecule has 340 valence electrons. The average Bonchev–Trinajstić information content (AvgIpc) is 3.95. The Morgan fingerprint density at radius 3 is 1.34 bits per heavy atom. The number of carboxylic acid groups (broad SMARTS) is 1. The number of ether oxygens (including phenoxy) is 2. The molecule has 13 nitrogen and oxygen atoms in total. The van der Waals surface area contributed by atoms with Crippen molar-refractivity contribution < 1.29 is 61.7 Å². The van der Waals surface area contributed by atoms with Crippen molar-refractivity contribution in [3.8, 4) is 0 Å². The van der Waals surface area contributed by atoms with Crippen molar-refractivity contribution in [2.75, 3.05) is 6.61 Å². The number of carbonyl (C=O) groups excluding carboxylic acids is 6. The molecule has 2 aliphatic rings. The topological polar surface area (TPSA) is 186 Å². The first-order chi connectivity index (χ1) is 26.1. The molecule has 2 fully saturated rings. The van der Waals surface area contributed by atoms with Gasteiger partial charge in [0.25, 0.3) is 0 Å². The zero-order valence-electron chi connectivity index (χ0n) is 37.2. The van der Waals surface area contributed by atoms with E-state index in [0.29, 0.717) is 32.3 Å². The third kappa shape index (κ3) is 19.5. The zero-order valence-corrected chi connectivity index (χ0v) is 40.6. The van der Waals surface area contributed by atoms with Crippen molar-refractivity contribution in [3.63, 3.8) is 0 Å². The lowest BCUT2D eigenvalue weighted by Gasteiger charge is -2.42. The maximum atomic E-state index is 11.8. The van der Waals surface area contributed by atoms with Crippen LogP contribution in [0.4, 0.5) is 0 Å². The molecule has 0 aromatic heterocycles. The molecule has 0 aromatic rings. The van der Waals surface area contributed by atoms with Crippen LogP contribution in [0.2, 0.25) is 0 Å². The van der Waals surface area contributed by atoms with Crippen LogP contribution < -0.4 is 0 Å². The van der Waals surface area contributed by atoms with Gasteiger partial charge in [-0.15, -0.1) is 0 Å². The summed E-state index contributed by atoms with van der Waals surface area (Å²) in [5, 5.41) is 8.66. The summed E-state index contributed by atoms with van der Waals surface area (Å²) in [4.78, 5) is 79.1. The number of aliphatic carboxylic acids is 1. The largest absolute Gasteiger partial charge is 0.481 e. The minimum absolute atomic E-state index is 0. The number of hydrogen-bond acceptors (Lipinski definition) is 12. The molecule has 0 radical (unpaired) electrons. The van der Waals surface area contributed by atoms with Gasteiger partial charge in [-0.1, -0.05) is 76.7 Å². The number of Topliss-reactive ketones (excluding diaryl/α,β-unsaturated/α-hetero) is 6. The summed E-state index contributed by atoms with van der Waals surface area (Å²) in [6, 6.07) is 0. The van der Waals surface area contributed by atoms with Crippen LogP contribution in [0.5, 0.6) is 0 Å². The van der Waals surface area contributed by atoms with Crippen LogP contribution in [0, 0.1) is 21.7 Å². The molecule has 1 heterocycles. The van der Waals surface area contributed by atoms with E-state index in [-0.39, 0.29) is 79.7 Å². The first kappa shape index (κ1) is 60.9. The monoisotopic (exact) mass is 884 g/mol. The molecule has 0 spiro atoms. The first-order valence-corrected chi connectivity index (χ1v) is 21.2. The molecule has 0 amide bonds. The fourth-order valence-electron chi connectivity index (χ4n) is 6.53. The van der Waals surface area contributed by atoms with Crippen LogP contribution in [0.15, 0.2) is 0 Å². The highest BCUT2D eigenvalue weighted by molar-refractivity contribution is 7.10. The summed E-state index contributed by atoms with van der Waals surface area (Å²) in [6.45, 7) is 26.0. The lowest BCUT2D eigenvalue weighted by molar-refractivity contribution is -0.288.